The standard InChI is InChI=1S/C28H21F4NO7/c29-26(30)37-17-6-7-18-19(13-21(38-22(18)12-17)14-1-3-15(4-2-14)24(34)35)33-25(36)27(9-10-27)16-5-8-20-23(11-16)40-28(31,32)39-20/h1-8,11-12,19,21,26H,9-10,13H2,(H,33,36)(H,34,35)/t19-,21-/m0/s1. The molecule has 0 aromatic heterocycles. The van der Waals surface area contributed by atoms with Crippen molar-refractivity contribution in [1.29, 1.82) is 0 Å². The van der Waals surface area contributed by atoms with E-state index >= 15 is 0 Å². The number of rotatable bonds is 7. The third-order valence-electron chi connectivity index (χ3n) is 7.28. The maximum absolute atomic E-state index is 13.6. The Morgan fingerprint density at radius 1 is 0.950 bits per heavy atom. The second-order valence-corrected chi connectivity index (χ2v) is 9.78. The molecule has 1 aliphatic carbocycles. The number of carbonyl (C=O) groups is 2. The smallest absolute Gasteiger partial charge is 0.485 e. The van der Waals surface area contributed by atoms with Crippen LogP contribution in [0.2, 0.25) is 0 Å². The molecule has 0 saturated heterocycles. The van der Waals surface area contributed by atoms with E-state index in [0.717, 1.165) is 0 Å². The molecular formula is C28H21F4NO7. The van der Waals surface area contributed by atoms with Gasteiger partial charge in [0.1, 0.15) is 17.6 Å². The molecule has 2 aliphatic heterocycles. The van der Waals surface area contributed by atoms with Crippen LogP contribution in [0.15, 0.2) is 60.7 Å². The van der Waals surface area contributed by atoms with E-state index in [-0.39, 0.29) is 40.9 Å². The zero-order valence-electron chi connectivity index (χ0n) is 20.5. The van der Waals surface area contributed by atoms with Gasteiger partial charge in [0.05, 0.1) is 17.0 Å². The molecule has 0 spiro atoms. The molecule has 1 amide bonds. The van der Waals surface area contributed by atoms with Gasteiger partial charge in [-0.3, -0.25) is 4.79 Å². The van der Waals surface area contributed by atoms with Gasteiger partial charge in [0, 0.05) is 18.1 Å². The molecule has 2 atom stereocenters. The first-order valence-electron chi connectivity index (χ1n) is 12.3. The average molecular weight is 559 g/mol. The molecule has 1 saturated carbocycles. The predicted octanol–water partition coefficient (Wildman–Crippen LogP) is 5.72. The number of alkyl halides is 4. The minimum Gasteiger partial charge on any atom is -0.485 e. The number of amides is 1. The van der Waals surface area contributed by atoms with Crippen molar-refractivity contribution in [3.8, 4) is 23.0 Å². The third-order valence-corrected chi connectivity index (χ3v) is 7.28. The SMILES string of the molecule is O=C(O)c1ccc([C@@H]2C[C@H](NC(=O)C3(c4ccc5c(c4)OC(F)(F)O5)CC3)c3ccc(OC(F)F)cc3O2)cc1. The van der Waals surface area contributed by atoms with Crippen LogP contribution >= 0.6 is 0 Å². The third kappa shape index (κ3) is 4.74. The molecule has 8 nitrogen and oxygen atoms in total. The van der Waals surface area contributed by atoms with Gasteiger partial charge in [0.15, 0.2) is 11.5 Å². The Balaban J connectivity index is 1.28. The van der Waals surface area contributed by atoms with Gasteiger partial charge in [-0.2, -0.15) is 8.78 Å². The monoisotopic (exact) mass is 559 g/mol. The van der Waals surface area contributed by atoms with Crippen molar-refractivity contribution in [2.75, 3.05) is 0 Å². The Hall–Kier alpha value is -4.48. The second-order valence-electron chi connectivity index (χ2n) is 9.78. The van der Waals surface area contributed by atoms with Crippen molar-refractivity contribution in [3.05, 3.63) is 82.9 Å². The summed E-state index contributed by atoms with van der Waals surface area (Å²) < 4.78 is 72.3. The van der Waals surface area contributed by atoms with Crippen LogP contribution in [0.5, 0.6) is 23.0 Å². The molecule has 2 N–H and O–H groups in total. The topological polar surface area (TPSA) is 103 Å². The normalized spacial score (nSPS) is 21.2. The molecular weight excluding hydrogens is 538 g/mol. The van der Waals surface area contributed by atoms with E-state index in [2.05, 4.69) is 19.5 Å². The maximum atomic E-state index is 13.6. The summed E-state index contributed by atoms with van der Waals surface area (Å²) in [5, 5.41) is 12.2. The number of nitrogens with one attached hydrogen (secondary N) is 1. The summed E-state index contributed by atoms with van der Waals surface area (Å²) in [4.78, 5) is 24.9. The molecule has 0 unspecified atom stereocenters. The summed E-state index contributed by atoms with van der Waals surface area (Å²) >= 11 is 0. The van der Waals surface area contributed by atoms with E-state index in [1.807, 2.05) is 0 Å². The lowest BCUT2D eigenvalue weighted by Gasteiger charge is -2.34. The average Bonchev–Trinajstić information content (AvgIpc) is 3.65. The van der Waals surface area contributed by atoms with Crippen LogP contribution in [0.3, 0.4) is 0 Å². The van der Waals surface area contributed by atoms with Crippen LogP contribution in [0.1, 0.15) is 58.5 Å². The first kappa shape index (κ1) is 25.8. The summed E-state index contributed by atoms with van der Waals surface area (Å²) in [7, 11) is 0. The molecule has 40 heavy (non-hydrogen) atoms. The number of hydrogen-bond acceptors (Lipinski definition) is 6. The van der Waals surface area contributed by atoms with E-state index in [1.54, 1.807) is 18.2 Å². The number of benzene rings is 3. The van der Waals surface area contributed by atoms with Crippen molar-refractivity contribution >= 4 is 11.9 Å². The highest BCUT2D eigenvalue weighted by Gasteiger charge is 2.53. The van der Waals surface area contributed by atoms with Gasteiger partial charge in [-0.05, 0) is 60.4 Å². The van der Waals surface area contributed by atoms with E-state index in [9.17, 15) is 32.3 Å². The lowest BCUT2D eigenvalue weighted by atomic mass is 9.90. The Labute approximate surface area is 224 Å². The van der Waals surface area contributed by atoms with Crippen molar-refractivity contribution in [2.45, 2.75) is 49.7 Å². The Kier molecular flexibility index (Phi) is 6.00. The predicted molar refractivity (Wildman–Crippen MR) is 129 cm³/mol. The molecule has 1 fully saturated rings. The lowest BCUT2D eigenvalue weighted by Crippen LogP contribution is -2.39. The summed E-state index contributed by atoms with van der Waals surface area (Å²) in [6.45, 7) is -3.05. The molecule has 3 aromatic rings. The molecule has 0 radical (unpaired) electrons. The molecule has 208 valence electrons. The lowest BCUT2D eigenvalue weighted by molar-refractivity contribution is -0.286. The number of aromatic carboxylic acids is 1. The molecule has 0 bridgehead atoms. The number of carboxylic acids is 1. The molecule has 2 heterocycles. The number of fused-ring (bicyclic) bond motifs is 2. The first-order chi connectivity index (χ1) is 19.0. The minimum atomic E-state index is -3.78. The minimum absolute atomic E-state index is 0.0783. The first-order valence-corrected chi connectivity index (χ1v) is 12.3. The van der Waals surface area contributed by atoms with Gasteiger partial charge >= 0.3 is 18.9 Å². The van der Waals surface area contributed by atoms with Gasteiger partial charge < -0.3 is 29.4 Å². The Morgan fingerprint density at radius 3 is 2.35 bits per heavy atom. The van der Waals surface area contributed by atoms with Gasteiger partial charge in [-0.15, -0.1) is 8.78 Å². The van der Waals surface area contributed by atoms with Crippen LogP contribution in [0.4, 0.5) is 17.6 Å². The Morgan fingerprint density at radius 2 is 1.68 bits per heavy atom. The van der Waals surface area contributed by atoms with E-state index in [0.29, 0.717) is 29.5 Å². The second kappa shape index (κ2) is 9.32. The largest absolute Gasteiger partial charge is 0.586 e. The molecule has 3 aliphatic rings. The zero-order chi connectivity index (χ0) is 28.2. The number of halogens is 4. The maximum Gasteiger partial charge on any atom is 0.586 e. The Bertz CT molecular complexity index is 1490. The number of carboxylic acid groups (broad SMARTS) is 1. The number of carbonyl (C=O) groups excluding carboxylic acids is 1. The highest BCUT2D eigenvalue weighted by Crippen LogP contribution is 2.53. The molecule has 6 rings (SSSR count). The summed E-state index contributed by atoms with van der Waals surface area (Å²) in [6.07, 6.45) is -3.22. The van der Waals surface area contributed by atoms with Crippen molar-refractivity contribution in [1.82, 2.24) is 5.32 Å². The fourth-order valence-corrected chi connectivity index (χ4v) is 5.12. The fraction of sp³-hybridized carbons (Fsp3) is 0.286. The highest BCUT2D eigenvalue weighted by atomic mass is 19.3. The number of hydrogen-bond donors (Lipinski definition) is 2. The summed E-state index contributed by atoms with van der Waals surface area (Å²) in [6, 6.07) is 13.8. The van der Waals surface area contributed by atoms with Gasteiger partial charge in [0.2, 0.25) is 5.91 Å². The van der Waals surface area contributed by atoms with E-state index in [4.69, 9.17) is 4.74 Å². The van der Waals surface area contributed by atoms with Crippen molar-refractivity contribution < 1.29 is 51.2 Å². The van der Waals surface area contributed by atoms with Crippen LogP contribution in [-0.2, 0) is 10.2 Å². The van der Waals surface area contributed by atoms with Crippen LogP contribution < -0.4 is 24.3 Å². The van der Waals surface area contributed by atoms with Crippen LogP contribution in [-0.4, -0.2) is 29.9 Å². The summed E-state index contributed by atoms with van der Waals surface area (Å²) in [5.74, 6) is -1.63. The van der Waals surface area contributed by atoms with Crippen LogP contribution in [0.25, 0.3) is 0 Å². The zero-order valence-corrected chi connectivity index (χ0v) is 20.5. The van der Waals surface area contributed by atoms with Crippen molar-refractivity contribution in [3.63, 3.8) is 0 Å². The van der Waals surface area contributed by atoms with Gasteiger partial charge in [0.25, 0.3) is 0 Å². The number of ether oxygens (including phenoxy) is 4. The quantitative estimate of drug-likeness (QED) is 0.357. The van der Waals surface area contributed by atoms with Gasteiger partial charge in [-0.1, -0.05) is 18.2 Å². The molecule has 3 aromatic carbocycles. The molecule has 12 heteroatoms. The van der Waals surface area contributed by atoms with Gasteiger partial charge in [-0.25, -0.2) is 4.79 Å². The van der Waals surface area contributed by atoms with E-state index < -0.39 is 36.4 Å². The van der Waals surface area contributed by atoms with Crippen LogP contribution in [0, 0.1) is 0 Å². The van der Waals surface area contributed by atoms with Crippen molar-refractivity contribution in [2.24, 2.45) is 0 Å². The fourth-order valence-electron chi connectivity index (χ4n) is 5.12. The summed E-state index contributed by atoms with van der Waals surface area (Å²) in [5.41, 5.74) is 0.766. The highest BCUT2D eigenvalue weighted by molar-refractivity contribution is 5.92. The van der Waals surface area contributed by atoms with E-state index in [1.165, 1.54) is 42.5 Å².